The maximum atomic E-state index is 11.7. The van der Waals surface area contributed by atoms with E-state index in [1.807, 2.05) is 37.5 Å². The van der Waals surface area contributed by atoms with Crippen LogP contribution >= 0.6 is 0 Å². The zero-order valence-corrected chi connectivity index (χ0v) is 14.8. The summed E-state index contributed by atoms with van der Waals surface area (Å²) < 4.78 is 0. The van der Waals surface area contributed by atoms with Crippen LogP contribution in [0.2, 0.25) is 0 Å². The Hall–Kier alpha value is -3.08. The Kier molecular flexibility index (Phi) is 4.44. The van der Waals surface area contributed by atoms with Gasteiger partial charge in [0.15, 0.2) is 0 Å². The number of aromatic amines is 1. The molecule has 132 valence electrons. The van der Waals surface area contributed by atoms with Gasteiger partial charge in [0.2, 0.25) is 5.91 Å². The molecule has 26 heavy (non-hydrogen) atoms. The van der Waals surface area contributed by atoms with Crippen LogP contribution in [0.3, 0.4) is 0 Å². The summed E-state index contributed by atoms with van der Waals surface area (Å²) in [5.41, 5.74) is 4.43. The Balaban J connectivity index is 1.58. The fourth-order valence-corrected chi connectivity index (χ4v) is 3.34. The van der Waals surface area contributed by atoms with Gasteiger partial charge in [-0.2, -0.15) is 0 Å². The Morgan fingerprint density at radius 2 is 2.23 bits per heavy atom. The normalized spacial score (nSPS) is 14.3. The zero-order chi connectivity index (χ0) is 17.9. The van der Waals surface area contributed by atoms with Crippen LogP contribution in [0.1, 0.15) is 25.3 Å². The molecule has 3 heterocycles. The second-order valence-electron chi connectivity index (χ2n) is 6.48. The smallest absolute Gasteiger partial charge is 0.224 e. The number of amides is 1. The van der Waals surface area contributed by atoms with Gasteiger partial charge in [0, 0.05) is 42.8 Å². The highest BCUT2D eigenvalue weighted by molar-refractivity contribution is 6.02. The van der Waals surface area contributed by atoms with E-state index in [9.17, 15) is 4.79 Å². The van der Waals surface area contributed by atoms with E-state index in [4.69, 9.17) is 0 Å². The van der Waals surface area contributed by atoms with Crippen molar-refractivity contribution >= 4 is 33.9 Å². The van der Waals surface area contributed by atoms with Crippen molar-refractivity contribution < 1.29 is 4.79 Å². The molecule has 0 bridgehead atoms. The van der Waals surface area contributed by atoms with E-state index in [0.29, 0.717) is 6.42 Å². The second-order valence-corrected chi connectivity index (χ2v) is 6.48. The first kappa shape index (κ1) is 16.4. The molecule has 0 saturated heterocycles. The van der Waals surface area contributed by atoms with E-state index in [0.717, 1.165) is 41.9 Å². The molecule has 0 unspecified atom stereocenters. The minimum atomic E-state index is 0.0270. The number of carbonyl (C=O) groups is 1. The van der Waals surface area contributed by atoms with Crippen LogP contribution in [0.25, 0.3) is 16.5 Å². The highest BCUT2D eigenvalue weighted by Crippen LogP contribution is 2.30. The molecule has 0 saturated carbocycles. The maximum Gasteiger partial charge on any atom is 0.224 e. The van der Waals surface area contributed by atoms with E-state index in [1.54, 1.807) is 0 Å². The molecule has 1 amide bonds. The number of H-pyrrole nitrogens is 1. The van der Waals surface area contributed by atoms with Gasteiger partial charge in [-0.05, 0) is 41.8 Å². The number of aromatic nitrogens is 2. The summed E-state index contributed by atoms with van der Waals surface area (Å²) in [7, 11) is 0. The quantitative estimate of drug-likeness (QED) is 0.744. The maximum absolute atomic E-state index is 11.7. The fourth-order valence-electron chi connectivity index (χ4n) is 3.34. The molecule has 0 radical (unpaired) electrons. The van der Waals surface area contributed by atoms with Crippen LogP contribution in [-0.4, -0.2) is 29.0 Å². The number of nitrogens with zero attached hydrogens (tertiary/aromatic N) is 2. The van der Waals surface area contributed by atoms with Crippen molar-refractivity contribution in [2.75, 3.05) is 23.3 Å². The summed E-state index contributed by atoms with van der Waals surface area (Å²) in [5.74, 6) is 1.05. The van der Waals surface area contributed by atoms with Gasteiger partial charge < -0.3 is 15.2 Å². The molecule has 0 atom stereocenters. The summed E-state index contributed by atoms with van der Waals surface area (Å²) in [5, 5.41) is 4.02. The van der Waals surface area contributed by atoms with Gasteiger partial charge >= 0.3 is 0 Å². The van der Waals surface area contributed by atoms with Crippen LogP contribution in [0.5, 0.6) is 0 Å². The van der Waals surface area contributed by atoms with Crippen LogP contribution in [0.4, 0.5) is 11.5 Å². The lowest BCUT2D eigenvalue weighted by Crippen LogP contribution is -2.28. The number of hydrogen-bond donors (Lipinski definition) is 2. The Labute approximate surface area is 152 Å². The third-order valence-corrected chi connectivity index (χ3v) is 4.83. The standard InChI is InChI=1S/C21H22N4O/c1-2-21(26)24-19-14-23-18-7-6-16(13-17(18)19)15-8-11-25(12-9-15)20-5-3-4-10-22-20/h3-8,10,13-14,23H,2,9,11-12H2,1H3,(H,24,26). The Morgan fingerprint density at radius 1 is 1.31 bits per heavy atom. The fraction of sp³-hybridized carbons (Fsp3) is 0.238. The Bertz CT molecular complexity index is 959. The molecular weight excluding hydrogens is 324 g/mol. The lowest BCUT2D eigenvalue weighted by Gasteiger charge is -2.27. The van der Waals surface area contributed by atoms with Crippen LogP contribution in [0, 0.1) is 0 Å². The van der Waals surface area contributed by atoms with E-state index >= 15 is 0 Å². The number of fused-ring (bicyclic) bond motifs is 1. The minimum Gasteiger partial charge on any atom is -0.359 e. The molecule has 0 spiro atoms. The monoisotopic (exact) mass is 346 g/mol. The lowest BCUT2D eigenvalue weighted by atomic mass is 9.98. The molecule has 1 aliphatic rings. The summed E-state index contributed by atoms with van der Waals surface area (Å²) >= 11 is 0. The highest BCUT2D eigenvalue weighted by Gasteiger charge is 2.15. The van der Waals surface area contributed by atoms with E-state index in [2.05, 4.69) is 44.5 Å². The predicted octanol–water partition coefficient (Wildman–Crippen LogP) is 4.21. The van der Waals surface area contributed by atoms with Crippen molar-refractivity contribution in [3.63, 3.8) is 0 Å². The van der Waals surface area contributed by atoms with Crippen molar-refractivity contribution in [2.24, 2.45) is 0 Å². The van der Waals surface area contributed by atoms with Gasteiger partial charge in [0.25, 0.3) is 0 Å². The van der Waals surface area contributed by atoms with Crippen LogP contribution in [0.15, 0.2) is 54.9 Å². The average Bonchev–Trinajstić information content (AvgIpc) is 3.10. The van der Waals surface area contributed by atoms with Crippen LogP contribution in [-0.2, 0) is 4.79 Å². The van der Waals surface area contributed by atoms with Crippen LogP contribution < -0.4 is 10.2 Å². The molecule has 3 aromatic rings. The molecular formula is C21H22N4O. The average molecular weight is 346 g/mol. The molecule has 0 fully saturated rings. The number of pyridine rings is 1. The summed E-state index contributed by atoms with van der Waals surface area (Å²) in [6.07, 6.45) is 7.42. The van der Waals surface area contributed by atoms with Gasteiger partial charge in [-0.3, -0.25) is 4.79 Å². The summed E-state index contributed by atoms with van der Waals surface area (Å²) in [4.78, 5) is 21.7. The first-order valence-electron chi connectivity index (χ1n) is 9.01. The van der Waals surface area contributed by atoms with Crippen molar-refractivity contribution in [1.82, 2.24) is 9.97 Å². The van der Waals surface area contributed by atoms with E-state index in [1.165, 1.54) is 11.1 Å². The first-order chi connectivity index (χ1) is 12.7. The number of benzene rings is 1. The predicted molar refractivity (Wildman–Crippen MR) is 106 cm³/mol. The zero-order valence-electron chi connectivity index (χ0n) is 14.8. The summed E-state index contributed by atoms with van der Waals surface area (Å²) in [6, 6.07) is 12.4. The molecule has 5 nitrogen and oxygen atoms in total. The highest BCUT2D eigenvalue weighted by atomic mass is 16.1. The van der Waals surface area contributed by atoms with Gasteiger partial charge in [-0.1, -0.05) is 25.1 Å². The van der Waals surface area contributed by atoms with E-state index < -0.39 is 0 Å². The third kappa shape index (κ3) is 3.20. The molecule has 1 aliphatic heterocycles. The first-order valence-corrected chi connectivity index (χ1v) is 9.01. The van der Waals surface area contributed by atoms with Gasteiger partial charge in [-0.15, -0.1) is 0 Å². The largest absolute Gasteiger partial charge is 0.359 e. The number of nitrogens with one attached hydrogen (secondary N) is 2. The van der Waals surface area contributed by atoms with Crippen molar-refractivity contribution in [3.8, 4) is 0 Å². The van der Waals surface area contributed by atoms with Crippen molar-refractivity contribution in [2.45, 2.75) is 19.8 Å². The number of rotatable bonds is 4. The van der Waals surface area contributed by atoms with Gasteiger partial charge in [0.05, 0.1) is 5.69 Å². The number of anilines is 2. The number of hydrogen-bond acceptors (Lipinski definition) is 3. The topological polar surface area (TPSA) is 61.0 Å². The number of carbonyl (C=O) groups excluding carboxylic acids is 1. The molecule has 4 rings (SSSR count). The molecule has 1 aromatic carbocycles. The SMILES string of the molecule is CCC(=O)Nc1c[nH]c2ccc(C3=CCN(c4ccccn4)CC3)cc12. The van der Waals surface area contributed by atoms with E-state index in [-0.39, 0.29) is 5.91 Å². The Morgan fingerprint density at radius 3 is 2.96 bits per heavy atom. The minimum absolute atomic E-state index is 0.0270. The molecule has 2 N–H and O–H groups in total. The van der Waals surface area contributed by atoms with Gasteiger partial charge in [-0.25, -0.2) is 4.98 Å². The van der Waals surface area contributed by atoms with Crippen molar-refractivity contribution in [3.05, 3.63) is 60.4 Å². The third-order valence-electron chi connectivity index (χ3n) is 4.83. The molecule has 5 heteroatoms. The van der Waals surface area contributed by atoms with Gasteiger partial charge in [0.1, 0.15) is 5.82 Å². The van der Waals surface area contributed by atoms with Crippen molar-refractivity contribution in [1.29, 1.82) is 0 Å². The molecule has 2 aromatic heterocycles. The molecule has 0 aliphatic carbocycles. The summed E-state index contributed by atoms with van der Waals surface area (Å²) in [6.45, 7) is 3.67. The lowest BCUT2D eigenvalue weighted by molar-refractivity contribution is -0.115. The second kappa shape index (κ2) is 7.04.